The van der Waals surface area contributed by atoms with Crippen LogP contribution in [0.25, 0.3) is 0 Å². The molecule has 1 saturated carbocycles. The van der Waals surface area contributed by atoms with Gasteiger partial charge in [-0.15, -0.1) is 0 Å². The van der Waals surface area contributed by atoms with Crippen molar-refractivity contribution in [3.63, 3.8) is 0 Å². The highest BCUT2D eigenvalue weighted by Gasteiger charge is 2.33. The number of imide groups is 1. The molecule has 3 fully saturated rings. The summed E-state index contributed by atoms with van der Waals surface area (Å²) in [7, 11) is 0. The molecule has 2 heterocycles. The third kappa shape index (κ3) is 5.62. The van der Waals surface area contributed by atoms with Crippen LogP contribution in [0.2, 0.25) is 0 Å². The van der Waals surface area contributed by atoms with Crippen molar-refractivity contribution in [3.8, 4) is 5.75 Å². The van der Waals surface area contributed by atoms with E-state index in [1.165, 1.54) is 38.5 Å². The zero-order valence-electron chi connectivity index (χ0n) is 18.0. The predicted octanol–water partition coefficient (Wildman–Crippen LogP) is 4.30. The number of amides is 2. The van der Waals surface area contributed by atoms with Gasteiger partial charge in [-0.2, -0.15) is 0 Å². The number of nitrogens with one attached hydrogen (secondary N) is 1. The number of hydrogen-bond acceptors (Lipinski definition) is 4. The van der Waals surface area contributed by atoms with E-state index in [0.29, 0.717) is 0 Å². The van der Waals surface area contributed by atoms with Crippen LogP contribution < -0.4 is 10.1 Å². The highest BCUT2D eigenvalue weighted by Crippen LogP contribution is 2.33. The lowest BCUT2D eigenvalue weighted by Gasteiger charge is -2.33. The largest absolute Gasteiger partial charge is 0.490 e. The van der Waals surface area contributed by atoms with Crippen LogP contribution in [0.1, 0.15) is 75.7 Å². The molecule has 1 aromatic carbocycles. The fourth-order valence-corrected chi connectivity index (χ4v) is 5.22. The Kier molecular flexibility index (Phi) is 7.20. The van der Waals surface area contributed by atoms with Crippen molar-refractivity contribution in [2.24, 2.45) is 5.92 Å². The Bertz CT molecular complexity index is 779. The van der Waals surface area contributed by atoms with Gasteiger partial charge in [-0.05, 0) is 38.1 Å². The Hall–Kier alpha value is -2.02. The van der Waals surface area contributed by atoms with E-state index >= 15 is 0 Å². The lowest BCUT2D eigenvalue weighted by atomic mass is 9.87. The number of rotatable bonds is 6. The fourth-order valence-electron chi connectivity index (χ4n) is 5.22. The van der Waals surface area contributed by atoms with Crippen molar-refractivity contribution in [1.82, 2.24) is 10.2 Å². The van der Waals surface area contributed by atoms with Crippen molar-refractivity contribution < 1.29 is 23.1 Å². The van der Waals surface area contributed by atoms with Crippen LogP contribution in [0.3, 0.4) is 0 Å². The summed E-state index contributed by atoms with van der Waals surface area (Å²) < 4.78 is 35.2. The van der Waals surface area contributed by atoms with Crippen LogP contribution in [0.5, 0.6) is 5.75 Å². The first-order chi connectivity index (χ1) is 15.0. The van der Waals surface area contributed by atoms with Crippen LogP contribution in [0.4, 0.5) is 8.78 Å². The first-order valence-corrected chi connectivity index (χ1v) is 11.7. The van der Waals surface area contributed by atoms with Crippen molar-refractivity contribution in [2.75, 3.05) is 19.6 Å². The number of carbonyl (C=O) groups is 2. The van der Waals surface area contributed by atoms with Crippen LogP contribution in [-0.4, -0.2) is 42.5 Å². The van der Waals surface area contributed by atoms with E-state index in [0.717, 1.165) is 50.5 Å². The summed E-state index contributed by atoms with van der Waals surface area (Å²) in [5.41, 5.74) is -0.283. The van der Waals surface area contributed by atoms with Gasteiger partial charge in [0.25, 0.3) is 0 Å². The van der Waals surface area contributed by atoms with Gasteiger partial charge < -0.3 is 9.64 Å². The SMILES string of the molecule is O=C1CCC(c2c(F)cc(OC3CCN(CCC4CCCCC4)CC3)cc2F)C(=O)N1. The van der Waals surface area contributed by atoms with E-state index in [1.807, 2.05) is 0 Å². The Balaban J connectivity index is 1.29. The molecule has 0 radical (unpaired) electrons. The second-order valence-electron chi connectivity index (χ2n) is 9.26. The minimum atomic E-state index is -0.987. The molecule has 2 amide bonds. The van der Waals surface area contributed by atoms with Gasteiger partial charge in [0.1, 0.15) is 23.5 Å². The number of piperidine rings is 2. The average molecular weight is 435 g/mol. The number of benzene rings is 1. The first-order valence-electron chi connectivity index (χ1n) is 11.7. The van der Waals surface area contributed by atoms with Gasteiger partial charge in [0, 0.05) is 37.2 Å². The minimum Gasteiger partial charge on any atom is -0.490 e. The van der Waals surface area contributed by atoms with Crippen molar-refractivity contribution in [1.29, 1.82) is 0 Å². The topological polar surface area (TPSA) is 58.6 Å². The number of nitrogens with zero attached hydrogens (tertiary/aromatic N) is 1. The molecular formula is C24H32F2N2O3. The summed E-state index contributed by atoms with van der Waals surface area (Å²) in [6.45, 7) is 3.01. The molecule has 7 heteroatoms. The molecule has 1 aliphatic carbocycles. The van der Waals surface area contributed by atoms with Gasteiger partial charge in [-0.25, -0.2) is 8.78 Å². The predicted molar refractivity (Wildman–Crippen MR) is 113 cm³/mol. The molecule has 1 unspecified atom stereocenters. The fraction of sp³-hybridized carbons (Fsp3) is 0.667. The Morgan fingerprint density at radius 3 is 2.29 bits per heavy atom. The van der Waals surface area contributed by atoms with E-state index in [2.05, 4.69) is 10.2 Å². The van der Waals surface area contributed by atoms with E-state index in [1.54, 1.807) is 0 Å². The molecule has 170 valence electrons. The Labute approximate surface area is 182 Å². The summed E-state index contributed by atoms with van der Waals surface area (Å²) in [5, 5.41) is 2.15. The first kappa shape index (κ1) is 22.2. The van der Waals surface area contributed by atoms with Gasteiger partial charge in [-0.1, -0.05) is 32.1 Å². The normalized spacial score (nSPS) is 24.3. The van der Waals surface area contributed by atoms with Crippen molar-refractivity contribution in [2.45, 2.75) is 76.2 Å². The van der Waals surface area contributed by atoms with E-state index in [-0.39, 0.29) is 30.3 Å². The van der Waals surface area contributed by atoms with Gasteiger partial charge >= 0.3 is 0 Å². The molecule has 0 spiro atoms. The summed E-state index contributed by atoms with van der Waals surface area (Å²) in [6, 6.07) is 2.33. The van der Waals surface area contributed by atoms with Crippen molar-refractivity contribution >= 4 is 11.8 Å². The molecule has 1 N–H and O–H groups in total. The Morgan fingerprint density at radius 2 is 1.65 bits per heavy atom. The number of carbonyl (C=O) groups excluding carboxylic acids is 2. The van der Waals surface area contributed by atoms with Crippen LogP contribution in [-0.2, 0) is 9.59 Å². The molecule has 2 saturated heterocycles. The van der Waals surface area contributed by atoms with Gasteiger partial charge in [0.15, 0.2) is 0 Å². The standard InChI is InChI=1S/C24H32F2N2O3/c25-20-14-18(15-21(26)23(20)19-6-7-22(29)27-24(19)30)31-17-9-12-28(13-10-17)11-8-16-4-2-1-3-5-16/h14-17,19H,1-13H2,(H,27,29,30). The summed E-state index contributed by atoms with van der Waals surface area (Å²) in [6.07, 6.45) is 9.92. The summed E-state index contributed by atoms with van der Waals surface area (Å²) >= 11 is 0. The molecule has 31 heavy (non-hydrogen) atoms. The lowest BCUT2D eigenvalue weighted by molar-refractivity contribution is -0.134. The van der Waals surface area contributed by atoms with Gasteiger partial charge in [0.05, 0.1) is 5.92 Å². The Morgan fingerprint density at radius 1 is 0.968 bits per heavy atom. The average Bonchev–Trinajstić information content (AvgIpc) is 2.75. The molecule has 1 atom stereocenters. The van der Waals surface area contributed by atoms with E-state index in [9.17, 15) is 18.4 Å². The zero-order valence-corrected chi connectivity index (χ0v) is 18.0. The second kappa shape index (κ2) is 10.1. The quantitative estimate of drug-likeness (QED) is 0.679. The number of halogens is 2. The second-order valence-corrected chi connectivity index (χ2v) is 9.26. The van der Waals surface area contributed by atoms with Crippen molar-refractivity contribution in [3.05, 3.63) is 29.3 Å². The highest BCUT2D eigenvalue weighted by molar-refractivity contribution is 6.01. The van der Waals surface area contributed by atoms with Gasteiger partial charge in [-0.3, -0.25) is 14.9 Å². The van der Waals surface area contributed by atoms with Gasteiger partial charge in [0.2, 0.25) is 11.8 Å². The van der Waals surface area contributed by atoms with E-state index in [4.69, 9.17) is 4.74 Å². The third-order valence-corrected chi connectivity index (χ3v) is 7.06. The number of likely N-dealkylation sites (tertiary alicyclic amines) is 1. The smallest absolute Gasteiger partial charge is 0.234 e. The maximum Gasteiger partial charge on any atom is 0.234 e. The molecular weight excluding hydrogens is 402 g/mol. The number of ether oxygens (including phenoxy) is 1. The molecule has 5 nitrogen and oxygen atoms in total. The third-order valence-electron chi connectivity index (χ3n) is 7.06. The molecule has 2 aliphatic heterocycles. The minimum absolute atomic E-state index is 0.0637. The maximum absolute atomic E-state index is 14.7. The van der Waals surface area contributed by atoms with Crippen LogP contribution >= 0.6 is 0 Å². The highest BCUT2D eigenvalue weighted by atomic mass is 19.1. The van der Waals surface area contributed by atoms with Crippen LogP contribution in [0.15, 0.2) is 12.1 Å². The van der Waals surface area contributed by atoms with Crippen LogP contribution in [0, 0.1) is 17.6 Å². The summed E-state index contributed by atoms with van der Waals surface area (Å²) in [5.74, 6) is -2.61. The van der Waals surface area contributed by atoms with E-state index < -0.39 is 29.4 Å². The summed E-state index contributed by atoms with van der Waals surface area (Å²) in [4.78, 5) is 25.8. The zero-order chi connectivity index (χ0) is 21.8. The molecule has 0 aromatic heterocycles. The lowest BCUT2D eigenvalue weighted by Crippen LogP contribution is -2.40. The molecule has 3 aliphatic rings. The molecule has 0 bridgehead atoms. The monoisotopic (exact) mass is 434 g/mol. The molecule has 1 aromatic rings. The number of hydrogen-bond donors (Lipinski definition) is 1. The molecule has 4 rings (SSSR count). The maximum atomic E-state index is 14.7.